The minimum absolute atomic E-state index is 0.00418. The molecule has 0 aliphatic rings. The maximum Gasteiger partial charge on any atom is 0.119 e. The van der Waals surface area contributed by atoms with Crippen LogP contribution in [0.4, 0.5) is 0 Å². The standard InChI is InChI=1S/C15H25NO2/c1-6-18-12-9-7-8-11(10-12)13(16)14(17-5)15(2,3)4/h7-10,13-14H,6,16H2,1-5H3. The van der Waals surface area contributed by atoms with Gasteiger partial charge in [-0.05, 0) is 30.0 Å². The predicted octanol–water partition coefficient (Wildman–Crippen LogP) is 3.15. The fraction of sp³-hybridized carbons (Fsp3) is 0.600. The summed E-state index contributed by atoms with van der Waals surface area (Å²) in [6, 6.07) is 7.76. The normalized spacial score (nSPS) is 15.2. The lowest BCUT2D eigenvalue weighted by Gasteiger charge is -2.34. The Bertz CT molecular complexity index is 371. The summed E-state index contributed by atoms with van der Waals surface area (Å²) in [6.45, 7) is 9.03. The van der Waals surface area contributed by atoms with E-state index in [4.69, 9.17) is 15.2 Å². The van der Waals surface area contributed by atoms with Crippen LogP contribution >= 0.6 is 0 Å². The van der Waals surface area contributed by atoms with Gasteiger partial charge >= 0.3 is 0 Å². The lowest BCUT2D eigenvalue weighted by Crippen LogP contribution is -2.38. The molecule has 1 aromatic rings. The molecule has 0 fully saturated rings. The van der Waals surface area contributed by atoms with E-state index < -0.39 is 0 Å². The monoisotopic (exact) mass is 251 g/mol. The zero-order valence-corrected chi connectivity index (χ0v) is 12.1. The minimum atomic E-state index is -0.157. The van der Waals surface area contributed by atoms with Gasteiger partial charge in [-0.15, -0.1) is 0 Å². The van der Waals surface area contributed by atoms with Gasteiger partial charge in [0.25, 0.3) is 0 Å². The van der Waals surface area contributed by atoms with E-state index in [1.165, 1.54) is 0 Å². The van der Waals surface area contributed by atoms with Crippen molar-refractivity contribution in [3.05, 3.63) is 29.8 Å². The van der Waals surface area contributed by atoms with Crippen molar-refractivity contribution in [1.29, 1.82) is 0 Å². The fourth-order valence-corrected chi connectivity index (χ4v) is 2.19. The molecule has 0 aliphatic carbocycles. The summed E-state index contributed by atoms with van der Waals surface area (Å²) in [6.07, 6.45) is -0.0330. The second-order valence-corrected chi connectivity index (χ2v) is 5.55. The molecule has 0 spiro atoms. The Kier molecular flexibility index (Phi) is 5.17. The maximum atomic E-state index is 6.32. The van der Waals surface area contributed by atoms with Crippen LogP contribution in [-0.4, -0.2) is 19.8 Å². The van der Waals surface area contributed by atoms with Crippen LogP contribution in [0, 0.1) is 5.41 Å². The molecule has 18 heavy (non-hydrogen) atoms. The SMILES string of the molecule is CCOc1cccc(C(N)C(OC)C(C)(C)C)c1. The molecule has 0 aliphatic heterocycles. The third-order valence-electron chi connectivity index (χ3n) is 2.99. The summed E-state index contributed by atoms with van der Waals surface area (Å²) in [5, 5.41) is 0. The number of rotatable bonds is 5. The minimum Gasteiger partial charge on any atom is -0.494 e. The fourth-order valence-electron chi connectivity index (χ4n) is 2.19. The Morgan fingerprint density at radius 1 is 1.28 bits per heavy atom. The molecule has 2 N–H and O–H groups in total. The van der Waals surface area contributed by atoms with Crippen molar-refractivity contribution in [1.82, 2.24) is 0 Å². The van der Waals surface area contributed by atoms with Gasteiger partial charge in [0, 0.05) is 7.11 Å². The number of benzene rings is 1. The van der Waals surface area contributed by atoms with E-state index in [1.54, 1.807) is 7.11 Å². The average molecular weight is 251 g/mol. The number of methoxy groups -OCH3 is 1. The van der Waals surface area contributed by atoms with E-state index in [0.717, 1.165) is 11.3 Å². The van der Waals surface area contributed by atoms with Crippen molar-refractivity contribution < 1.29 is 9.47 Å². The summed E-state index contributed by atoms with van der Waals surface area (Å²) < 4.78 is 11.1. The van der Waals surface area contributed by atoms with Gasteiger partial charge < -0.3 is 15.2 Å². The highest BCUT2D eigenvalue weighted by Crippen LogP contribution is 2.31. The second-order valence-electron chi connectivity index (χ2n) is 5.55. The second kappa shape index (κ2) is 6.21. The maximum absolute atomic E-state index is 6.32. The lowest BCUT2D eigenvalue weighted by atomic mass is 9.82. The molecular weight excluding hydrogens is 226 g/mol. The smallest absolute Gasteiger partial charge is 0.119 e. The Morgan fingerprint density at radius 3 is 2.44 bits per heavy atom. The molecule has 1 rings (SSSR count). The van der Waals surface area contributed by atoms with E-state index >= 15 is 0 Å². The van der Waals surface area contributed by atoms with Crippen LogP contribution in [0.15, 0.2) is 24.3 Å². The van der Waals surface area contributed by atoms with Crippen molar-refractivity contribution in [2.75, 3.05) is 13.7 Å². The van der Waals surface area contributed by atoms with Gasteiger partial charge in [0.1, 0.15) is 5.75 Å². The van der Waals surface area contributed by atoms with Crippen molar-refractivity contribution >= 4 is 0 Å². The number of hydrogen-bond acceptors (Lipinski definition) is 3. The summed E-state index contributed by atoms with van der Waals surface area (Å²) in [5.74, 6) is 0.856. The Balaban J connectivity index is 2.94. The molecule has 0 bridgehead atoms. The van der Waals surface area contributed by atoms with Crippen LogP contribution in [0.5, 0.6) is 5.75 Å². The Labute approximate surface area is 110 Å². The molecule has 102 valence electrons. The largest absolute Gasteiger partial charge is 0.494 e. The molecule has 1 aromatic carbocycles. The van der Waals surface area contributed by atoms with E-state index in [0.29, 0.717) is 6.61 Å². The van der Waals surface area contributed by atoms with Gasteiger partial charge in [0.2, 0.25) is 0 Å². The van der Waals surface area contributed by atoms with Crippen LogP contribution in [0.2, 0.25) is 0 Å². The van der Waals surface area contributed by atoms with Gasteiger partial charge in [-0.3, -0.25) is 0 Å². The van der Waals surface area contributed by atoms with Gasteiger partial charge in [0.05, 0.1) is 18.8 Å². The lowest BCUT2D eigenvalue weighted by molar-refractivity contribution is -0.00247. The van der Waals surface area contributed by atoms with Crippen LogP contribution in [0.3, 0.4) is 0 Å². The third-order valence-corrected chi connectivity index (χ3v) is 2.99. The molecule has 3 nitrogen and oxygen atoms in total. The average Bonchev–Trinajstić information content (AvgIpc) is 2.28. The molecule has 0 aromatic heterocycles. The summed E-state index contributed by atoms with van der Waals surface area (Å²) >= 11 is 0. The van der Waals surface area contributed by atoms with Crippen molar-refractivity contribution in [2.45, 2.75) is 39.8 Å². The van der Waals surface area contributed by atoms with Gasteiger partial charge in [0.15, 0.2) is 0 Å². The van der Waals surface area contributed by atoms with Crippen molar-refractivity contribution in [3.8, 4) is 5.75 Å². The number of ether oxygens (including phenoxy) is 2. The van der Waals surface area contributed by atoms with Gasteiger partial charge in [-0.2, -0.15) is 0 Å². The zero-order valence-electron chi connectivity index (χ0n) is 12.1. The molecule has 3 heteroatoms. The first-order chi connectivity index (χ1) is 8.40. The first-order valence-electron chi connectivity index (χ1n) is 6.41. The quantitative estimate of drug-likeness (QED) is 0.874. The molecule has 0 radical (unpaired) electrons. The van der Waals surface area contributed by atoms with E-state index in [2.05, 4.69) is 20.8 Å². The molecule has 2 unspecified atom stereocenters. The number of hydrogen-bond donors (Lipinski definition) is 1. The van der Waals surface area contributed by atoms with E-state index in [-0.39, 0.29) is 17.6 Å². The van der Waals surface area contributed by atoms with Gasteiger partial charge in [-0.1, -0.05) is 32.9 Å². The summed E-state index contributed by atoms with van der Waals surface area (Å²) in [7, 11) is 1.71. The van der Waals surface area contributed by atoms with E-state index in [9.17, 15) is 0 Å². The highest BCUT2D eigenvalue weighted by Gasteiger charge is 2.31. The molecule has 2 atom stereocenters. The zero-order chi connectivity index (χ0) is 13.8. The highest BCUT2D eigenvalue weighted by molar-refractivity contribution is 5.31. The molecule has 0 saturated carbocycles. The first-order valence-corrected chi connectivity index (χ1v) is 6.41. The highest BCUT2D eigenvalue weighted by atomic mass is 16.5. The first kappa shape index (κ1) is 15.0. The van der Waals surface area contributed by atoms with Crippen LogP contribution in [-0.2, 0) is 4.74 Å². The molecule has 0 amide bonds. The topological polar surface area (TPSA) is 44.5 Å². The van der Waals surface area contributed by atoms with Crippen LogP contribution in [0.25, 0.3) is 0 Å². The van der Waals surface area contributed by atoms with Crippen molar-refractivity contribution in [2.24, 2.45) is 11.1 Å². The van der Waals surface area contributed by atoms with Gasteiger partial charge in [-0.25, -0.2) is 0 Å². The van der Waals surface area contributed by atoms with E-state index in [1.807, 2.05) is 31.2 Å². The molecule has 0 saturated heterocycles. The summed E-state index contributed by atoms with van der Waals surface area (Å²) in [5.41, 5.74) is 7.36. The Hall–Kier alpha value is -1.06. The summed E-state index contributed by atoms with van der Waals surface area (Å²) in [4.78, 5) is 0. The molecule has 0 heterocycles. The molecular formula is C15H25NO2. The Morgan fingerprint density at radius 2 is 1.94 bits per heavy atom. The predicted molar refractivity (Wildman–Crippen MR) is 74.8 cm³/mol. The van der Waals surface area contributed by atoms with Crippen LogP contribution in [0.1, 0.15) is 39.3 Å². The van der Waals surface area contributed by atoms with Crippen LogP contribution < -0.4 is 10.5 Å². The van der Waals surface area contributed by atoms with Crippen molar-refractivity contribution in [3.63, 3.8) is 0 Å². The third kappa shape index (κ3) is 3.72. The number of nitrogens with two attached hydrogens (primary N) is 1.